The average Bonchev–Trinajstić information content (AvgIpc) is 3.25. The highest BCUT2D eigenvalue weighted by molar-refractivity contribution is 5.94. The van der Waals surface area contributed by atoms with Gasteiger partial charge in [0.25, 0.3) is 5.91 Å². The van der Waals surface area contributed by atoms with E-state index in [1.165, 1.54) is 27.8 Å². The van der Waals surface area contributed by atoms with Crippen molar-refractivity contribution in [2.75, 3.05) is 26.2 Å². The van der Waals surface area contributed by atoms with Crippen LogP contribution in [0.5, 0.6) is 0 Å². The van der Waals surface area contributed by atoms with Gasteiger partial charge in [0.1, 0.15) is 6.29 Å². The molecule has 1 atom stereocenters. The van der Waals surface area contributed by atoms with Gasteiger partial charge < -0.3 is 31.4 Å². The molecule has 2 heterocycles. The predicted octanol–water partition coefficient (Wildman–Crippen LogP) is 5.30. The highest BCUT2D eigenvalue weighted by Crippen LogP contribution is 2.18. The first-order valence-corrected chi connectivity index (χ1v) is 19.2. The van der Waals surface area contributed by atoms with Crippen LogP contribution in [0.25, 0.3) is 11.1 Å². The maximum atomic E-state index is 12.1. The van der Waals surface area contributed by atoms with Gasteiger partial charge in [0, 0.05) is 18.5 Å². The van der Waals surface area contributed by atoms with Crippen LogP contribution in [0.1, 0.15) is 46.0 Å². The largest absolute Gasteiger partial charge is 0.352 e. The van der Waals surface area contributed by atoms with Crippen LogP contribution in [0.15, 0.2) is 140 Å². The molecule has 0 saturated carbocycles. The molecule has 5 aromatic rings. The van der Waals surface area contributed by atoms with Crippen molar-refractivity contribution in [3.05, 3.63) is 167 Å². The molecule has 302 valence electrons. The quantitative estimate of drug-likeness (QED) is 0.123. The molecule has 0 unspecified atom stereocenters. The summed E-state index contributed by atoms with van der Waals surface area (Å²) in [6.45, 7) is 5.36. The Balaban J connectivity index is 0.000000257. The van der Waals surface area contributed by atoms with Crippen LogP contribution in [0.4, 0.5) is 0 Å². The number of benzene rings is 5. The summed E-state index contributed by atoms with van der Waals surface area (Å²) in [5.74, 6) is -2.56. The number of hydrogen-bond donors (Lipinski definition) is 5. The molecule has 0 aliphatic carbocycles. The minimum Gasteiger partial charge on any atom is -0.352 e. The maximum absolute atomic E-state index is 12.1. The van der Waals surface area contributed by atoms with Crippen LogP contribution >= 0.6 is 0 Å². The molecule has 11 heteroatoms. The SMILES string of the molecule is CCc1ccccc1.Cc1ccc(-c2ccccc2)cc1.Cc1ccccc1.O=C[C@@H]1Cc2ccc(cc2)C(=O)NCCC(=O)NCC(=O)NCC(=O)NCC(=O)N1. The molecule has 2 aliphatic rings. The highest BCUT2D eigenvalue weighted by atomic mass is 16.2. The van der Waals surface area contributed by atoms with Crippen LogP contribution < -0.4 is 26.6 Å². The van der Waals surface area contributed by atoms with E-state index in [0.29, 0.717) is 11.8 Å². The third-order valence-corrected chi connectivity index (χ3v) is 8.51. The Morgan fingerprint density at radius 3 is 1.48 bits per heavy atom. The first-order valence-electron chi connectivity index (χ1n) is 19.2. The second-order valence-electron chi connectivity index (χ2n) is 13.3. The van der Waals surface area contributed by atoms with Gasteiger partial charge in [-0.25, -0.2) is 0 Å². The van der Waals surface area contributed by atoms with Crippen molar-refractivity contribution in [1.82, 2.24) is 26.6 Å². The lowest BCUT2D eigenvalue weighted by Crippen LogP contribution is -2.46. The maximum Gasteiger partial charge on any atom is 0.251 e. The smallest absolute Gasteiger partial charge is 0.251 e. The third-order valence-electron chi connectivity index (χ3n) is 8.51. The van der Waals surface area contributed by atoms with Crippen molar-refractivity contribution in [3.63, 3.8) is 0 Å². The number of hydrogen-bond acceptors (Lipinski definition) is 6. The number of carbonyl (C=O) groups excluding carboxylic acids is 6. The Labute approximate surface area is 341 Å². The fourth-order valence-corrected chi connectivity index (χ4v) is 5.20. The zero-order chi connectivity index (χ0) is 42.0. The molecule has 2 aliphatic heterocycles. The van der Waals surface area contributed by atoms with Crippen molar-refractivity contribution in [2.24, 2.45) is 0 Å². The number of nitrogens with one attached hydrogen (secondary N) is 5. The van der Waals surface area contributed by atoms with E-state index in [1.807, 2.05) is 30.3 Å². The van der Waals surface area contributed by atoms with Crippen molar-refractivity contribution >= 4 is 35.8 Å². The summed E-state index contributed by atoms with van der Waals surface area (Å²) < 4.78 is 0. The molecule has 11 nitrogen and oxygen atoms in total. The summed E-state index contributed by atoms with van der Waals surface area (Å²) in [4.78, 5) is 70.4. The summed E-state index contributed by atoms with van der Waals surface area (Å²) in [6, 6.07) is 45.4. The molecule has 0 radical (unpaired) electrons. The molecule has 5 amide bonds. The zero-order valence-electron chi connectivity index (χ0n) is 33.3. The molecule has 0 saturated heterocycles. The van der Waals surface area contributed by atoms with Gasteiger partial charge in [-0.3, -0.25) is 24.0 Å². The minimum atomic E-state index is -0.806. The lowest BCUT2D eigenvalue weighted by molar-refractivity contribution is -0.129. The van der Waals surface area contributed by atoms with E-state index in [4.69, 9.17) is 0 Å². The van der Waals surface area contributed by atoms with Crippen LogP contribution in [0.2, 0.25) is 0 Å². The lowest BCUT2D eigenvalue weighted by atomic mass is 10.0. The van der Waals surface area contributed by atoms with Gasteiger partial charge in [-0.1, -0.05) is 145 Å². The molecular weight excluding hydrogens is 731 g/mol. The van der Waals surface area contributed by atoms with Crippen molar-refractivity contribution in [1.29, 1.82) is 0 Å². The van der Waals surface area contributed by atoms with E-state index < -0.39 is 29.7 Å². The molecule has 0 spiro atoms. The number of amides is 5. The number of fused-ring (bicyclic) bond motifs is 18. The highest BCUT2D eigenvalue weighted by Gasteiger charge is 2.15. The van der Waals surface area contributed by atoms with E-state index in [2.05, 4.69) is 132 Å². The van der Waals surface area contributed by atoms with Crippen LogP contribution in [0.3, 0.4) is 0 Å². The average molecular weight is 784 g/mol. The summed E-state index contributed by atoms with van der Waals surface area (Å²) in [5.41, 5.74) is 7.70. The number of aryl methyl sites for hydroxylation is 3. The molecule has 5 aromatic carbocycles. The lowest BCUT2D eigenvalue weighted by Gasteiger charge is -2.14. The Morgan fingerprint density at radius 2 is 0.983 bits per heavy atom. The molecular formula is C47H53N5O6. The Bertz CT molecular complexity index is 2010. The Kier molecular flexibility index (Phi) is 20.4. The predicted molar refractivity (Wildman–Crippen MR) is 228 cm³/mol. The van der Waals surface area contributed by atoms with Gasteiger partial charge in [0.2, 0.25) is 23.6 Å². The monoisotopic (exact) mass is 783 g/mol. The van der Waals surface area contributed by atoms with Gasteiger partial charge in [-0.15, -0.1) is 0 Å². The minimum absolute atomic E-state index is 0.0214. The van der Waals surface area contributed by atoms with E-state index in [0.717, 1.165) is 12.0 Å². The van der Waals surface area contributed by atoms with E-state index >= 15 is 0 Å². The molecule has 58 heavy (non-hydrogen) atoms. The van der Waals surface area contributed by atoms with Gasteiger partial charge in [-0.2, -0.15) is 0 Å². The zero-order valence-corrected chi connectivity index (χ0v) is 33.3. The van der Waals surface area contributed by atoms with E-state index in [1.54, 1.807) is 24.3 Å². The number of aldehydes is 1. The molecule has 0 aromatic heterocycles. The van der Waals surface area contributed by atoms with Gasteiger partial charge >= 0.3 is 0 Å². The summed E-state index contributed by atoms with van der Waals surface area (Å²) in [7, 11) is 0. The Hall–Kier alpha value is -6.88. The van der Waals surface area contributed by atoms with Crippen molar-refractivity contribution in [3.8, 4) is 11.1 Å². The number of carbonyl (C=O) groups is 6. The van der Waals surface area contributed by atoms with Gasteiger partial charge in [0.15, 0.2) is 0 Å². The van der Waals surface area contributed by atoms with Gasteiger partial charge in [-0.05, 0) is 61.1 Å². The van der Waals surface area contributed by atoms with Crippen LogP contribution in [-0.4, -0.2) is 68.0 Å². The molecule has 7 rings (SSSR count). The van der Waals surface area contributed by atoms with E-state index in [9.17, 15) is 28.8 Å². The third kappa shape index (κ3) is 18.6. The van der Waals surface area contributed by atoms with Crippen molar-refractivity contribution < 1.29 is 28.8 Å². The second-order valence-corrected chi connectivity index (χ2v) is 13.3. The van der Waals surface area contributed by atoms with Gasteiger partial charge in [0.05, 0.1) is 25.7 Å². The van der Waals surface area contributed by atoms with Crippen molar-refractivity contribution in [2.45, 2.75) is 46.1 Å². The Morgan fingerprint density at radius 1 is 0.517 bits per heavy atom. The standard InChI is InChI=1S/C19H23N5O6.C13H12.C8H10.C7H8/c25-11-14-7-12-1-3-13(4-2-12)19(30)20-6-5-15(26)21-8-16(27)22-9-17(28)23-10-18(29)24-14;1-11-7-9-13(10-8-11)12-5-3-2-4-6-12;1-2-8-6-4-3-5-7-8;1-7-5-3-2-4-6-7/h1-4,11,14H,5-10H2,(H,20,30)(H,21,26)(H,22,27)(H,23,28)(H,24,29);2-10H,1H3;3-7H,2H2,1H3;2-6H,1H3/t14-;;;/m0.../s1. The summed E-state index contributed by atoms with van der Waals surface area (Å²) in [6.07, 6.45) is 1.91. The normalized spacial score (nSPS) is 14.9. The van der Waals surface area contributed by atoms with Crippen LogP contribution in [0, 0.1) is 13.8 Å². The van der Waals surface area contributed by atoms with Crippen LogP contribution in [-0.2, 0) is 36.8 Å². The molecule has 5 N–H and O–H groups in total. The summed E-state index contributed by atoms with van der Waals surface area (Å²) >= 11 is 0. The molecule has 2 bridgehead atoms. The first-order chi connectivity index (χ1) is 28.1. The topological polar surface area (TPSA) is 163 Å². The fraction of sp³-hybridized carbons (Fsp3) is 0.234. The fourth-order valence-electron chi connectivity index (χ4n) is 5.20. The number of rotatable bonds is 3. The molecule has 0 fully saturated rings. The van der Waals surface area contributed by atoms with E-state index in [-0.39, 0.29) is 44.9 Å². The second kappa shape index (κ2) is 26.1. The summed E-state index contributed by atoms with van der Waals surface area (Å²) in [5, 5.41) is 12.1. The first kappa shape index (κ1) is 45.5.